The lowest BCUT2D eigenvalue weighted by atomic mass is 10.0. The van der Waals surface area contributed by atoms with Gasteiger partial charge in [-0.25, -0.2) is 8.42 Å². The quantitative estimate of drug-likeness (QED) is 0.652. The van der Waals surface area contributed by atoms with E-state index in [2.05, 4.69) is 4.90 Å². The lowest BCUT2D eigenvalue weighted by molar-refractivity contribution is 0.110. The molecule has 0 saturated carbocycles. The summed E-state index contributed by atoms with van der Waals surface area (Å²) in [5.41, 5.74) is 5.25. The molecule has 6 nitrogen and oxygen atoms in total. The van der Waals surface area contributed by atoms with Crippen molar-refractivity contribution in [3.63, 3.8) is 0 Å². The molecule has 4 rings (SSSR count). The molecule has 2 aromatic carbocycles. The zero-order chi connectivity index (χ0) is 21.8. The minimum atomic E-state index is -3.33. The number of methoxy groups -OCH3 is 1. The summed E-state index contributed by atoms with van der Waals surface area (Å²) in [6.45, 7) is 6.07. The van der Waals surface area contributed by atoms with E-state index in [4.69, 9.17) is 14.2 Å². The van der Waals surface area contributed by atoms with Crippen molar-refractivity contribution >= 4 is 15.5 Å². The van der Waals surface area contributed by atoms with Gasteiger partial charge in [-0.05, 0) is 60.2 Å². The number of morpholine rings is 1. The van der Waals surface area contributed by atoms with Crippen molar-refractivity contribution in [3.05, 3.63) is 58.7 Å². The Morgan fingerprint density at radius 2 is 1.84 bits per heavy atom. The van der Waals surface area contributed by atoms with Crippen molar-refractivity contribution in [1.29, 1.82) is 0 Å². The predicted molar refractivity (Wildman–Crippen MR) is 122 cm³/mol. The van der Waals surface area contributed by atoms with Crippen molar-refractivity contribution in [1.82, 2.24) is 0 Å². The number of hydrogen-bond acceptors (Lipinski definition) is 6. The van der Waals surface area contributed by atoms with Crippen molar-refractivity contribution in [2.45, 2.75) is 37.4 Å². The molecule has 1 saturated heterocycles. The largest absolute Gasteiger partial charge is 0.497 e. The molecule has 7 heteroatoms. The Morgan fingerprint density at radius 3 is 2.61 bits per heavy atom. The minimum Gasteiger partial charge on any atom is -0.497 e. The van der Waals surface area contributed by atoms with Gasteiger partial charge in [0.2, 0.25) is 0 Å². The highest BCUT2D eigenvalue weighted by molar-refractivity contribution is 7.91. The van der Waals surface area contributed by atoms with E-state index in [1.165, 1.54) is 5.56 Å². The zero-order valence-electron chi connectivity index (χ0n) is 18.3. The molecule has 31 heavy (non-hydrogen) atoms. The third-order valence-electron chi connectivity index (χ3n) is 6.17. The molecule has 168 valence electrons. The summed E-state index contributed by atoms with van der Waals surface area (Å²) in [5, 5.41) is -0.508. The third-order valence-corrected chi connectivity index (χ3v) is 8.30. The first kappa shape index (κ1) is 22.1. The van der Waals surface area contributed by atoms with Crippen molar-refractivity contribution in [2.75, 3.05) is 44.9 Å². The van der Waals surface area contributed by atoms with Crippen LogP contribution in [-0.4, -0.2) is 53.7 Å². The second kappa shape index (κ2) is 9.59. The Hall–Kier alpha value is -2.09. The molecule has 2 heterocycles. The molecule has 2 aromatic rings. The molecule has 0 spiro atoms. The van der Waals surface area contributed by atoms with Crippen LogP contribution in [0, 0.1) is 0 Å². The summed E-state index contributed by atoms with van der Waals surface area (Å²) in [6.07, 6.45) is 1.33. The molecule has 2 aliphatic heterocycles. The molecule has 0 aromatic heterocycles. The average molecular weight is 446 g/mol. The van der Waals surface area contributed by atoms with E-state index < -0.39 is 15.1 Å². The van der Waals surface area contributed by atoms with Gasteiger partial charge in [-0.3, -0.25) is 0 Å². The van der Waals surface area contributed by atoms with Crippen molar-refractivity contribution in [2.24, 2.45) is 0 Å². The van der Waals surface area contributed by atoms with Crippen LogP contribution in [-0.2, 0) is 44.5 Å². The van der Waals surface area contributed by atoms with E-state index in [0.717, 1.165) is 54.2 Å². The second-order valence-electron chi connectivity index (χ2n) is 8.32. The monoisotopic (exact) mass is 445 g/mol. The first-order chi connectivity index (χ1) is 15.0. The van der Waals surface area contributed by atoms with E-state index >= 15 is 0 Å². The maximum atomic E-state index is 13.2. The first-order valence-corrected chi connectivity index (χ1v) is 12.6. The molecular weight excluding hydrogens is 414 g/mol. The van der Waals surface area contributed by atoms with Gasteiger partial charge >= 0.3 is 0 Å². The van der Waals surface area contributed by atoms with Crippen LogP contribution in [0.3, 0.4) is 0 Å². The van der Waals surface area contributed by atoms with Gasteiger partial charge in [-0.1, -0.05) is 18.2 Å². The van der Waals surface area contributed by atoms with Gasteiger partial charge in [0.25, 0.3) is 0 Å². The van der Waals surface area contributed by atoms with Gasteiger partial charge in [0.15, 0.2) is 9.84 Å². The van der Waals surface area contributed by atoms with Crippen LogP contribution >= 0.6 is 0 Å². The summed E-state index contributed by atoms with van der Waals surface area (Å²) in [5.74, 6) is 0.782. The zero-order valence-corrected chi connectivity index (χ0v) is 19.1. The van der Waals surface area contributed by atoms with E-state index in [0.29, 0.717) is 26.2 Å². The summed E-state index contributed by atoms with van der Waals surface area (Å²) < 4.78 is 42.8. The third kappa shape index (κ3) is 5.22. The number of hydrogen-bond donors (Lipinski definition) is 0. The Morgan fingerprint density at radius 1 is 1.03 bits per heavy atom. The van der Waals surface area contributed by atoms with Gasteiger partial charge in [0.1, 0.15) is 5.75 Å². The lowest BCUT2D eigenvalue weighted by Crippen LogP contribution is -2.37. The maximum Gasteiger partial charge on any atom is 0.157 e. The lowest BCUT2D eigenvalue weighted by Gasteiger charge is -2.31. The van der Waals surface area contributed by atoms with E-state index in [1.54, 1.807) is 14.0 Å². The Kier molecular flexibility index (Phi) is 6.84. The molecule has 0 radical (unpaired) electrons. The molecule has 0 N–H and O–H groups in total. The molecule has 1 atom stereocenters. The Balaban J connectivity index is 1.53. The van der Waals surface area contributed by atoms with E-state index in [9.17, 15) is 8.42 Å². The fraction of sp³-hybridized carbons (Fsp3) is 0.500. The molecule has 0 bridgehead atoms. The van der Waals surface area contributed by atoms with Gasteiger partial charge < -0.3 is 19.1 Å². The molecule has 0 aliphatic carbocycles. The topological polar surface area (TPSA) is 65.1 Å². The Labute approximate surface area is 185 Å². The minimum absolute atomic E-state index is 0.0400. The number of nitrogens with zero attached hydrogens (tertiary/aromatic N) is 1. The summed E-state index contributed by atoms with van der Waals surface area (Å²) in [4.78, 5) is 2.26. The molecule has 2 aliphatic rings. The van der Waals surface area contributed by atoms with Crippen LogP contribution in [0.2, 0.25) is 0 Å². The number of rotatable bonds is 7. The number of ether oxygens (including phenoxy) is 3. The van der Waals surface area contributed by atoms with Crippen molar-refractivity contribution < 1.29 is 22.6 Å². The van der Waals surface area contributed by atoms with Gasteiger partial charge in [-0.2, -0.15) is 0 Å². The highest BCUT2D eigenvalue weighted by Crippen LogP contribution is 2.29. The number of sulfone groups is 1. The number of fused-ring (bicyclic) bond motifs is 1. The maximum absolute atomic E-state index is 13.2. The van der Waals surface area contributed by atoms with Crippen LogP contribution in [0.15, 0.2) is 36.4 Å². The van der Waals surface area contributed by atoms with Crippen molar-refractivity contribution in [3.8, 4) is 5.75 Å². The fourth-order valence-corrected chi connectivity index (χ4v) is 5.65. The van der Waals surface area contributed by atoms with Crippen LogP contribution in [0.5, 0.6) is 5.75 Å². The predicted octanol–water partition coefficient (Wildman–Crippen LogP) is 3.15. The smallest absolute Gasteiger partial charge is 0.157 e. The van der Waals surface area contributed by atoms with E-state index in [1.807, 2.05) is 36.4 Å². The number of benzene rings is 2. The summed E-state index contributed by atoms with van der Waals surface area (Å²) >= 11 is 0. The average Bonchev–Trinajstić information content (AvgIpc) is 2.79. The summed E-state index contributed by atoms with van der Waals surface area (Å²) in [7, 11) is -1.70. The normalized spacial score (nSPS) is 17.8. The molecule has 1 unspecified atom stereocenters. The van der Waals surface area contributed by atoms with Crippen LogP contribution in [0.4, 0.5) is 5.69 Å². The van der Waals surface area contributed by atoms with E-state index in [-0.39, 0.29) is 5.75 Å². The van der Waals surface area contributed by atoms with Crippen LogP contribution in [0.1, 0.15) is 29.2 Å². The van der Waals surface area contributed by atoms with Gasteiger partial charge in [0, 0.05) is 18.8 Å². The highest BCUT2D eigenvalue weighted by atomic mass is 32.2. The fourth-order valence-electron chi connectivity index (χ4n) is 4.29. The standard InChI is InChI=1S/C24H31NO5S/c1-18(31(26,27)17-19-3-4-20-7-10-30-16-22(20)14-19)13-21-15-23(28-2)5-6-24(21)25-8-11-29-12-9-25/h3-6,14-15,18H,7-13,16-17H2,1-2H3. The summed E-state index contributed by atoms with van der Waals surface area (Å²) in [6, 6.07) is 11.9. The molecule has 0 amide bonds. The second-order valence-corrected chi connectivity index (χ2v) is 10.7. The van der Waals surface area contributed by atoms with Crippen LogP contribution in [0.25, 0.3) is 0 Å². The van der Waals surface area contributed by atoms with Gasteiger partial charge in [-0.15, -0.1) is 0 Å². The highest BCUT2D eigenvalue weighted by Gasteiger charge is 2.25. The van der Waals surface area contributed by atoms with Gasteiger partial charge in [0.05, 0.1) is 44.5 Å². The molecule has 1 fully saturated rings. The Bertz CT molecular complexity index is 1010. The van der Waals surface area contributed by atoms with Crippen LogP contribution < -0.4 is 9.64 Å². The number of anilines is 1. The first-order valence-electron chi connectivity index (χ1n) is 10.9. The SMILES string of the molecule is COc1ccc(N2CCOCC2)c(CC(C)S(=O)(=O)Cc2ccc3c(c2)COCC3)c1. The molecular formula is C24H31NO5S.